The van der Waals surface area contributed by atoms with E-state index in [0.29, 0.717) is 22.1 Å². The Kier molecular flexibility index (Phi) is 5.36. The fourth-order valence-electron chi connectivity index (χ4n) is 2.06. The van der Waals surface area contributed by atoms with Crippen molar-refractivity contribution in [3.05, 3.63) is 35.0 Å². The average Bonchev–Trinajstić information content (AvgIpc) is 2.83. The van der Waals surface area contributed by atoms with Crippen LogP contribution in [0.2, 0.25) is 5.02 Å². The highest BCUT2D eigenvalue weighted by Crippen LogP contribution is 2.27. The van der Waals surface area contributed by atoms with Gasteiger partial charge >= 0.3 is 0 Å². The second-order valence-corrected chi connectivity index (χ2v) is 5.32. The van der Waals surface area contributed by atoms with Gasteiger partial charge in [0.2, 0.25) is 11.8 Å². The highest BCUT2D eigenvalue weighted by atomic mass is 35.5. The topological polar surface area (TPSA) is 87.7 Å². The van der Waals surface area contributed by atoms with Crippen LogP contribution in [-0.2, 0) is 19.1 Å². The molecule has 1 aliphatic rings. The van der Waals surface area contributed by atoms with E-state index in [2.05, 4.69) is 10.6 Å². The Morgan fingerprint density at radius 3 is 2.70 bits per heavy atom. The molecule has 1 heterocycles. The lowest BCUT2D eigenvalue weighted by Gasteiger charge is -2.13. The van der Waals surface area contributed by atoms with Crippen LogP contribution in [0.1, 0.15) is 6.92 Å². The van der Waals surface area contributed by atoms with Gasteiger partial charge in [-0.3, -0.25) is 19.3 Å². The minimum atomic E-state index is -0.352. The monoisotopic (exact) mass is 337 g/mol. The first-order chi connectivity index (χ1) is 10.9. The normalized spacial score (nSPS) is 13.8. The largest absolute Gasteiger partial charge is 0.375 e. The third-order valence-electron chi connectivity index (χ3n) is 3.10. The van der Waals surface area contributed by atoms with Gasteiger partial charge < -0.3 is 15.4 Å². The van der Waals surface area contributed by atoms with Crippen molar-refractivity contribution in [2.24, 2.45) is 0 Å². The van der Waals surface area contributed by atoms with Crippen LogP contribution >= 0.6 is 11.6 Å². The second-order valence-electron chi connectivity index (χ2n) is 4.91. The minimum absolute atomic E-state index is 0.0633. The Balaban J connectivity index is 2.04. The third-order valence-corrected chi connectivity index (χ3v) is 3.41. The quantitative estimate of drug-likeness (QED) is 0.852. The van der Waals surface area contributed by atoms with E-state index in [4.69, 9.17) is 16.3 Å². The molecule has 2 N–H and O–H groups in total. The molecule has 8 heteroatoms. The van der Waals surface area contributed by atoms with Gasteiger partial charge in [0, 0.05) is 31.5 Å². The maximum Gasteiger partial charge on any atom is 0.255 e. The first-order valence-corrected chi connectivity index (χ1v) is 7.16. The van der Waals surface area contributed by atoms with Crippen molar-refractivity contribution in [1.82, 2.24) is 4.90 Å². The number of hydrogen-bond acceptors (Lipinski definition) is 5. The zero-order valence-electron chi connectivity index (χ0n) is 12.7. The summed E-state index contributed by atoms with van der Waals surface area (Å²) in [5.74, 6) is -0.969. The fraction of sp³-hybridized carbons (Fsp3) is 0.267. The van der Waals surface area contributed by atoms with Crippen molar-refractivity contribution in [3.8, 4) is 0 Å². The summed E-state index contributed by atoms with van der Waals surface area (Å²) < 4.78 is 4.73. The van der Waals surface area contributed by atoms with E-state index in [1.165, 1.54) is 20.1 Å². The lowest BCUT2D eigenvalue weighted by molar-refractivity contribution is -0.138. The molecule has 3 amide bonds. The highest BCUT2D eigenvalue weighted by molar-refractivity contribution is 6.34. The number of nitrogens with zero attached hydrogens (tertiary/aromatic N) is 1. The fourth-order valence-corrected chi connectivity index (χ4v) is 2.29. The number of benzene rings is 1. The number of methoxy groups -OCH3 is 1. The molecule has 0 saturated carbocycles. The molecule has 0 saturated heterocycles. The molecular formula is C15H16ClN3O4. The molecule has 0 fully saturated rings. The van der Waals surface area contributed by atoms with E-state index in [1.807, 2.05) is 0 Å². The zero-order chi connectivity index (χ0) is 17.0. The van der Waals surface area contributed by atoms with Gasteiger partial charge in [0.1, 0.15) is 6.61 Å². The number of hydrogen-bond donors (Lipinski definition) is 2. The summed E-state index contributed by atoms with van der Waals surface area (Å²) >= 11 is 6.12. The SMILES string of the molecule is COCC(=O)Nc1ccc(NC2=CC(=O)N(C(C)=O)C2)cc1Cl. The molecule has 23 heavy (non-hydrogen) atoms. The summed E-state index contributed by atoms with van der Waals surface area (Å²) in [6, 6.07) is 4.96. The number of anilines is 2. The van der Waals surface area contributed by atoms with Crippen LogP contribution in [-0.4, -0.2) is 42.9 Å². The number of halogens is 1. The van der Waals surface area contributed by atoms with Crippen LogP contribution in [0.3, 0.4) is 0 Å². The lowest BCUT2D eigenvalue weighted by atomic mass is 10.2. The van der Waals surface area contributed by atoms with E-state index in [-0.39, 0.29) is 30.9 Å². The number of nitrogens with one attached hydrogen (secondary N) is 2. The Hall–Kier alpha value is -2.38. The number of ether oxygens (including phenoxy) is 1. The summed E-state index contributed by atoms with van der Waals surface area (Å²) in [6.07, 6.45) is 1.36. The van der Waals surface area contributed by atoms with Crippen molar-refractivity contribution in [1.29, 1.82) is 0 Å². The lowest BCUT2D eigenvalue weighted by Crippen LogP contribution is -2.31. The molecule has 0 aliphatic carbocycles. The van der Waals surface area contributed by atoms with E-state index in [1.54, 1.807) is 18.2 Å². The molecule has 0 bridgehead atoms. The molecule has 1 aromatic carbocycles. The molecule has 122 valence electrons. The number of amides is 3. The van der Waals surface area contributed by atoms with Gasteiger partial charge in [-0.05, 0) is 18.2 Å². The molecule has 0 aromatic heterocycles. The van der Waals surface area contributed by atoms with Gasteiger partial charge in [0.25, 0.3) is 5.91 Å². The molecule has 0 radical (unpaired) electrons. The molecule has 0 spiro atoms. The summed E-state index contributed by atoms with van der Waals surface area (Å²) in [5.41, 5.74) is 1.70. The highest BCUT2D eigenvalue weighted by Gasteiger charge is 2.24. The summed E-state index contributed by atoms with van der Waals surface area (Å²) in [7, 11) is 1.43. The molecular weight excluding hydrogens is 322 g/mol. The van der Waals surface area contributed by atoms with Crippen molar-refractivity contribution in [2.45, 2.75) is 6.92 Å². The zero-order valence-corrected chi connectivity index (χ0v) is 13.4. The van der Waals surface area contributed by atoms with Gasteiger partial charge in [0.05, 0.1) is 17.3 Å². The summed E-state index contributed by atoms with van der Waals surface area (Å²) in [5, 5.41) is 5.98. The van der Waals surface area contributed by atoms with Crippen LogP contribution < -0.4 is 10.6 Å². The first-order valence-electron chi connectivity index (χ1n) is 6.78. The van der Waals surface area contributed by atoms with Crippen molar-refractivity contribution in [3.63, 3.8) is 0 Å². The average molecular weight is 338 g/mol. The maximum atomic E-state index is 11.6. The molecule has 1 aromatic rings. The Morgan fingerprint density at radius 1 is 1.39 bits per heavy atom. The molecule has 1 aliphatic heterocycles. The second kappa shape index (κ2) is 7.26. The van der Waals surface area contributed by atoms with Crippen molar-refractivity contribution in [2.75, 3.05) is 30.9 Å². The van der Waals surface area contributed by atoms with Gasteiger partial charge in [0.15, 0.2) is 0 Å². The van der Waals surface area contributed by atoms with E-state index >= 15 is 0 Å². The van der Waals surface area contributed by atoms with Crippen molar-refractivity contribution < 1.29 is 19.1 Å². The molecule has 0 atom stereocenters. The van der Waals surface area contributed by atoms with E-state index in [9.17, 15) is 14.4 Å². The number of rotatable bonds is 5. The molecule has 7 nitrogen and oxygen atoms in total. The van der Waals surface area contributed by atoms with Gasteiger partial charge in [-0.25, -0.2) is 0 Å². The number of imide groups is 1. The van der Waals surface area contributed by atoms with Gasteiger partial charge in [-0.1, -0.05) is 11.6 Å². The summed E-state index contributed by atoms with van der Waals surface area (Å²) in [6.45, 7) is 1.47. The smallest absolute Gasteiger partial charge is 0.255 e. The number of carbonyl (C=O) groups excluding carboxylic acids is 3. The van der Waals surface area contributed by atoms with E-state index in [0.717, 1.165) is 4.90 Å². The molecule has 0 unspecified atom stereocenters. The van der Waals surface area contributed by atoms with Crippen LogP contribution in [0.4, 0.5) is 11.4 Å². The standard InChI is InChI=1S/C15H16ClN3O4/c1-9(20)19-7-11(6-15(19)22)17-10-3-4-13(12(16)5-10)18-14(21)8-23-2/h3-6,17H,7-8H2,1-2H3,(H,18,21). The van der Waals surface area contributed by atoms with Gasteiger partial charge in [-0.2, -0.15) is 0 Å². The predicted octanol–water partition coefficient (Wildman–Crippen LogP) is 1.61. The Labute approximate surface area is 138 Å². The first kappa shape index (κ1) is 17.0. The minimum Gasteiger partial charge on any atom is -0.375 e. The number of carbonyl (C=O) groups is 3. The maximum absolute atomic E-state index is 11.6. The van der Waals surface area contributed by atoms with Crippen molar-refractivity contribution >= 4 is 40.7 Å². The van der Waals surface area contributed by atoms with Crippen LogP contribution in [0.15, 0.2) is 30.0 Å². The van der Waals surface area contributed by atoms with Gasteiger partial charge in [-0.15, -0.1) is 0 Å². The molecule has 2 rings (SSSR count). The summed E-state index contributed by atoms with van der Waals surface area (Å²) in [4.78, 5) is 35.5. The predicted molar refractivity (Wildman–Crippen MR) is 86.1 cm³/mol. The Morgan fingerprint density at radius 2 is 2.13 bits per heavy atom. The van der Waals surface area contributed by atoms with E-state index < -0.39 is 0 Å². The van der Waals surface area contributed by atoms with Crippen LogP contribution in [0.25, 0.3) is 0 Å². The Bertz CT molecular complexity index is 687. The third kappa shape index (κ3) is 4.30. The van der Waals surface area contributed by atoms with Crippen LogP contribution in [0, 0.1) is 0 Å². The van der Waals surface area contributed by atoms with Crippen LogP contribution in [0.5, 0.6) is 0 Å².